The molecule has 1 atom stereocenters. The minimum atomic E-state index is -0.436. The molecule has 136 valence electrons. The number of benzene rings is 3. The molecule has 0 radical (unpaired) electrons. The number of rotatable bonds is 4. The van der Waals surface area contributed by atoms with Gasteiger partial charge >= 0.3 is 0 Å². The van der Waals surface area contributed by atoms with Crippen LogP contribution in [0.25, 0.3) is 10.8 Å². The molecule has 0 saturated heterocycles. The highest BCUT2D eigenvalue weighted by molar-refractivity contribution is 8.00. The number of hydrogen-bond acceptors (Lipinski definition) is 4. The normalized spacial score (nSPS) is 14.2. The van der Waals surface area contributed by atoms with Crippen LogP contribution in [0.5, 0.6) is 0 Å². The molecular weight excluding hydrogens is 358 g/mol. The number of anilines is 3. The van der Waals surface area contributed by atoms with Gasteiger partial charge in [0.2, 0.25) is 11.8 Å². The SMILES string of the molecule is CC(Nc1ccc2c(c1)NC(=O)CS2)C(=O)Nc1cccc2ccccc12. The maximum atomic E-state index is 12.7. The summed E-state index contributed by atoms with van der Waals surface area (Å²) in [6.45, 7) is 1.81. The lowest BCUT2D eigenvalue weighted by Gasteiger charge is -2.20. The van der Waals surface area contributed by atoms with E-state index in [0.717, 1.165) is 32.7 Å². The predicted molar refractivity (Wildman–Crippen MR) is 111 cm³/mol. The number of thioether (sulfide) groups is 1. The van der Waals surface area contributed by atoms with Crippen LogP contribution in [0.3, 0.4) is 0 Å². The van der Waals surface area contributed by atoms with Crippen molar-refractivity contribution in [3.8, 4) is 0 Å². The molecule has 0 fully saturated rings. The zero-order valence-electron chi connectivity index (χ0n) is 14.8. The van der Waals surface area contributed by atoms with Gasteiger partial charge in [-0.1, -0.05) is 36.4 Å². The largest absolute Gasteiger partial charge is 0.374 e. The fourth-order valence-electron chi connectivity index (χ4n) is 3.06. The van der Waals surface area contributed by atoms with E-state index in [1.54, 1.807) is 0 Å². The van der Waals surface area contributed by atoms with Crippen molar-refractivity contribution in [1.82, 2.24) is 0 Å². The molecule has 0 aromatic heterocycles. The van der Waals surface area contributed by atoms with E-state index in [2.05, 4.69) is 16.0 Å². The molecule has 4 rings (SSSR count). The van der Waals surface area contributed by atoms with Crippen molar-refractivity contribution in [2.45, 2.75) is 17.9 Å². The van der Waals surface area contributed by atoms with Crippen molar-refractivity contribution < 1.29 is 9.59 Å². The quantitative estimate of drug-likeness (QED) is 0.633. The smallest absolute Gasteiger partial charge is 0.246 e. The Morgan fingerprint density at radius 1 is 1.11 bits per heavy atom. The molecule has 2 amide bonds. The van der Waals surface area contributed by atoms with E-state index >= 15 is 0 Å². The van der Waals surface area contributed by atoms with E-state index < -0.39 is 6.04 Å². The molecular formula is C21H19N3O2S. The number of fused-ring (bicyclic) bond motifs is 2. The van der Waals surface area contributed by atoms with Gasteiger partial charge in [-0.25, -0.2) is 0 Å². The van der Waals surface area contributed by atoms with Gasteiger partial charge in [0, 0.05) is 21.7 Å². The molecule has 5 nitrogen and oxygen atoms in total. The van der Waals surface area contributed by atoms with E-state index in [4.69, 9.17) is 0 Å². The van der Waals surface area contributed by atoms with Gasteiger partial charge in [-0.3, -0.25) is 9.59 Å². The second-order valence-electron chi connectivity index (χ2n) is 6.43. The Bertz CT molecular complexity index is 1030. The number of nitrogens with one attached hydrogen (secondary N) is 3. The zero-order valence-corrected chi connectivity index (χ0v) is 15.6. The Balaban J connectivity index is 1.48. The Labute approximate surface area is 161 Å². The van der Waals surface area contributed by atoms with Crippen LogP contribution in [0.15, 0.2) is 65.6 Å². The van der Waals surface area contributed by atoms with Crippen molar-refractivity contribution in [3.63, 3.8) is 0 Å². The first-order valence-electron chi connectivity index (χ1n) is 8.72. The van der Waals surface area contributed by atoms with E-state index in [0.29, 0.717) is 5.75 Å². The summed E-state index contributed by atoms with van der Waals surface area (Å²) >= 11 is 1.51. The van der Waals surface area contributed by atoms with Gasteiger partial charge in [-0.05, 0) is 36.6 Å². The molecule has 0 saturated carbocycles. The minimum absolute atomic E-state index is 0.00797. The summed E-state index contributed by atoms with van der Waals surface area (Å²) in [4.78, 5) is 25.3. The Morgan fingerprint density at radius 3 is 2.81 bits per heavy atom. The number of carbonyl (C=O) groups excluding carboxylic acids is 2. The van der Waals surface area contributed by atoms with Gasteiger partial charge in [0.15, 0.2) is 0 Å². The van der Waals surface area contributed by atoms with Gasteiger partial charge in [0.1, 0.15) is 6.04 Å². The summed E-state index contributed by atoms with van der Waals surface area (Å²) in [6, 6.07) is 19.1. The van der Waals surface area contributed by atoms with Crippen molar-refractivity contribution >= 4 is 51.4 Å². The minimum Gasteiger partial charge on any atom is -0.374 e. The average molecular weight is 377 g/mol. The molecule has 6 heteroatoms. The van der Waals surface area contributed by atoms with Crippen molar-refractivity contribution in [2.24, 2.45) is 0 Å². The molecule has 1 aliphatic heterocycles. The van der Waals surface area contributed by atoms with Crippen LogP contribution in [0.2, 0.25) is 0 Å². The predicted octanol–water partition coefficient (Wildman–Crippen LogP) is 4.32. The van der Waals surface area contributed by atoms with Gasteiger partial charge in [0.05, 0.1) is 11.4 Å². The van der Waals surface area contributed by atoms with Crippen molar-refractivity contribution in [1.29, 1.82) is 0 Å². The second kappa shape index (κ2) is 7.32. The lowest BCUT2D eigenvalue weighted by molar-refractivity contribution is -0.116. The third kappa shape index (κ3) is 3.75. The fraction of sp³-hybridized carbons (Fsp3) is 0.143. The van der Waals surface area contributed by atoms with Gasteiger partial charge in [-0.15, -0.1) is 11.8 Å². The van der Waals surface area contributed by atoms with Gasteiger partial charge in [-0.2, -0.15) is 0 Å². The van der Waals surface area contributed by atoms with Gasteiger partial charge < -0.3 is 16.0 Å². The molecule has 1 aliphatic rings. The van der Waals surface area contributed by atoms with Crippen LogP contribution in [0.1, 0.15) is 6.92 Å². The van der Waals surface area contributed by atoms with Crippen LogP contribution >= 0.6 is 11.8 Å². The first-order chi connectivity index (χ1) is 13.1. The fourth-order valence-corrected chi connectivity index (χ4v) is 3.85. The molecule has 0 aliphatic carbocycles. The van der Waals surface area contributed by atoms with Crippen LogP contribution in [-0.2, 0) is 9.59 Å². The van der Waals surface area contributed by atoms with Crippen LogP contribution in [-0.4, -0.2) is 23.6 Å². The molecule has 3 aromatic carbocycles. The number of hydrogen-bond donors (Lipinski definition) is 3. The van der Waals surface area contributed by atoms with Gasteiger partial charge in [0.25, 0.3) is 0 Å². The van der Waals surface area contributed by atoms with Crippen molar-refractivity contribution in [2.75, 3.05) is 21.7 Å². The highest BCUT2D eigenvalue weighted by Crippen LogP contribution is 2.33. The van der Waals surface area contributed by atoms with Crippen LogP contribution in [0, 0.1) is 0 Å². The summed E-state index contributed by atoms with van der Waals surface area (Å²) in [6.07, 6.45) is 0. The zero-order chi connectivity index (χ0) is 18.8. The summed E-state index contributed by atoms with van der Waals surface area (Å²) < 4.78 is 0. The number of carbonyl (C=O) groups is 2. The first-order valence-corrected chi connectivity index (χ1v) is 9.70. The van der Waals surface area contributed by atoms with E-state index in [9.17, 15) is 9.59 Å². The summed E-state index contributed by atoms with van der Waals surface area (Å²) in [5.41, 5.74) is 2.36. The number of amides is 2. The topological polar surface area (TPSA) is 70.2 Å². The summed E-state index contributed by atoms with van der Waals surface area (Å²) in [7, 11) is 0. The first kappa shape index (κ1) is 17.4. The monoisotopic (exact) mass is 377 g/mol. The van der Waals surface area contributed by atoms with Crippen LogP contribution < -0.4 is 16.0 Å². The molecule has 1 heterocycles. The van der Waals surface area contributed by atoms with E-state index in [1.165, 1.54) is 11.8 Å². The molecule has 1 unspecified atom stereocenters. The maximum absolute atomic E-state index is 12.7. The van der Waals surface area contributed by atoms with E-state index in [1.807, 2.05) is 67.6 Å². The Hall–Kier alpha value is -2.99. The van der Waals surface area contributed by atoms with E-state index in [-0.39, 0.29) is 11.8 Å². The highest BCUT2D eigenvalue weighted by Gasteiger charge is 2.18. The lowest BCUT2D eigenvalue weighted by atomic mass is 10.1. The highest BCUT2D eigenvalue weighted by atomic mass is 32.2. The summed E-state index contributed by atoms with van der Waals surface area (Å²) in [5.74, 6) is 0.303. The lowest BCUT2D eigenvalue weighted by Crippen LogP contribution is -2.32. The van der Waals surface area contributed by atoms with Crippen molar-refractivity contribution in [3.05, 3.63) is 60.7 Å². The maximum Gasteiger partial charge on any atom is 0.246 e. The molecule has 27 heavy (non-hydrogen) atoms. The molecule has 3 aromatic rings. The Morgan fingerprint density at radius 2 is 1.93 bits per heavy atom. The average Bonchev–Trinajstić information content (AvgIpc) is 2.68. The molecule has 0 bridgehead atoms. The molecule has 0 spiro atoms. The third-order valence-electron chi connectivity index (χ3n) is 4.44. The summed E-state index contributed by atoms with van der Waals surface area (Å²) in [5, 5.41) is 11.2. The third-order valence-corrected chi connectivity index (χ3v) is 5.51. The Kier molecular flexibility index (Phi) is 4.73. The van der Waals surface area contributed by atoms with Crippen LogP contribution in [0.4, 0.5) is 17.1 Å². The molecule has 3 N–H and O–H groups in total. The standard InChI is InChI=1S/C21H19N3O2S/c1-13(22-15-9-10-19-18(11-15)23-20(25)12-27-19)21(26)24-17-8-4-6-14-5-2-3-7-16(14)17/h2-11,13,22H,12H2,1H3,(H,23,25)(H,24,26). The second-order valence-corrected chi connectivity index (χ2v) is 7.45.